The highest BCUT2D eigenvalue weighted by Gasteiger charge is 2.10. The van der Waals surface area contributed by atoms with Gasteiger partial charge in [0.15, 0.2) is 0 Å². The first-order valence-corrected chi connectivity index (χ1v) is 4.38. The van der Waals surface area contributed by atoms with Crippen LogP contribution >= 0.6 is 0 Å². The molecule has 0 amide bonds. The first kappa shape index (κ1) is 7.41. The maximum Gasteiger partial charge on any atom is 0.0550 e. The molecular formula is C11H13N. The molecule has 62 valence electrons. The summed E-state index contributed by atoms with van der Waals surface area (Å²) in [6.07, 6.45) is 12.0. The van der Waals surface area contributed by atoms with Crippen LogP contribution in [0.15, 0.2) is 36.6 Å². The molecule has 1 aliphatic heterocycles. The van der Waals surface area contributed by atoms with Crippen molar-refractivity contribution in [3.63, 3.8) is 0 Å². The Morgan fingerprint density at radius 3 is 3.33 bits per heavy atom. The highest BCUT2D eigenvalue weighted by Crippen LogP contribution is 2.23. The van der Waals surface area contributed by atoms with E-state index in [1.807, 2.05) is 0 Å². The molecule has 1 aromatic rings. The Bertz CT molecular complexity index is 318. The zero-order chi connectivity index (χ0) is 8.39. The summed E-state index contributed by atoms with van der Waals surface area (Å²) in [5.74, 6) is 0. The van der Waals surface area contributed by atoms with Crippen LogP contribution in [0.5, 0.6) is 0 Å². The fourth-order valence-electron chi connectivity index (χ4n) is 1.69. The van der Waals surface area contributed by atoms with Gasteiger partial charge in [0.1, 0.15) is 0 Å². The standard InChI is InChI=1S/C11H13N/c1-2-5-10-6-3-7-11-8-4-9-12(10)11/h2-5,7-10H,6H2,1H3/b5-2+/t10-/m1/s1. The van der Waals surface area contributed by atoms with Gasteiger partial charge in [-0.2, -0.15) is 0 Å². The van der Waals surface area contributed by atoms with Crippen LogP contribution < -0.4 is 0 Å². The average Bonchev–Trinajstić information content (AvgIpc) is 2.53. The van der Waals surface area contributed by atoms with E-state index in [-0.39, 0.29) is 0 Å². The molecule has 1 atom stereocenters. The van der Waals surface area contributed by atoms with Gasteiger partial charge in [0.05, 0.1) is 6.04 Å². The van der Waals surface area contributed by atoms with Crippen molar-refractivity contribution in [2.45, 2.75) is 19.4 Å². The highest BCUT2D eigenvalue weighted by atomic mass is 15.0. The van der Waals surface area contributed by atoms with E-state index in [0.29, 0.717) is 6.04 Å². The lowest BCUT2D eigenvalue weighted by molar-refractivity contribution is 0.601. The average molecular weight is 159 g/mol. The smallest absolute Gasteiger partial charge is 0.0550 e. The Morgan fingerprint density at radius 1 is 1.58 bits per heavy atom. The number of hydrogen-bond acceptors (Lipinski definition) is 0. The summed E-state index contributed by atoms with van der Waals surface area (Å²) >= 11 is 0. The lowest BCUT2D eigenvalue weighted by Crippen LogP contribution is -2.08. The van der Waals surface area contributed by atoms with Crippen molar-refractivity contribution in [2.24, 2.45) is 0 Å². The largest absolute Gasteiger partial charge is 0.341 e. The second-order valence-electron chi connectivity index (χ2n) is 3.07. The SMILES string of the molecule is C/C=C/[C@@H]1CC=Cc2cccn21. The van der Waals surface area contributed by atoms with Gasteiger partial charge in [0, 0.05) is 11.9 Å². The third-order valence-electron chi connectivity index (χ3n) is 2.25. The molecule has 0 spiro atoms. The first-order chi connectivity index (χ1) is 5.92. The Hall–Kier alpha value is -1.24. The second-order valence-corrected chi connectivity index (χ2v) is 3.07. The van der Waals surface area contributed by atoms with Crippen molar-refractivity contribution in [1.29, 1.82) is 0 Å². The molecule has 0 aliphatic carbocycles. The van der Waals surface area contributed by atoms with Gasteiger partial charge in [-0.3, -0.25) is 0 Å². The van der Waals surface area contributed by atoms with Gasteiger partial charge in [0.2, 0.25) is 0 Å². The molecule has 12 heavy (non-hydrogen) atoms. The molecule has 2 heterocycles. The van der Waals surface area contributed by atoms with Crippen molar-refractivity contribution in [2.75, 3.05) is 0 Å². The molecular weight excluding hydrogens is 146 g/mol. The zero-order valence-corrected chi connectivity index (χ0v) is 7.27. The van der Waals surface area contributed by atoms with Crippen LogP contribution in [-0.4, -0.2) is 4.57 Å². The molecule has 0 radical (unpaired) electrons. The molecule has 1 nitrogen and oxygen atoms in total. The summed E-state index contributed by atoms with van der Waals surface area (Å²) in [6, 6.07) is 4.78. The van der Waals surface area contributed by atoms with Crippen LogP contribution in [0, 0.1) is 0 Å². The predicted octanol–water partition coefficient (Wildman–Crippen LogP) is 3.02. The maximum atomic E-state index is 2.31. The summed E-state index contributed by atoms with van der Waals surface area (Å²) in [5, 5.41) is 0. The van der Waals surface area contributed by atoms with Crippen molar-refractivity contribution >= 4 is 6.08 Å². The Morgan fingerprint density at radius 2 is 2.50 bits per heavy atom. The number of allylic oxidation sites excluding steroid dienone is 3. The van der Waals surface area contributed by atoms with Crippen LogP contribution in [-0.2, 0) is 0 Å². The maximum absolute atomic E-state index is 2.31. The van der Waals surface area contributed by atoms with Gasteiger partial charge in [0.25, 0.3) is 0 Å². The van der Waals surface area contributed by atoms with Gasteiger partial charge in [-0.15, -0.1) is 0 Å². The zero-order valence-electron chi connectivity index (χ0n) is 7.27. The summed E-state index contributed by atoms with van der Waals surface area (Å²) < 4.78 is 2.31. The Kier molecular flexibility index (Phi) is 1.86. The fourth-order valence-corrected chi connectivity index (χ4v) is 1.69. The molecule has 1 heteroatoms. The minimum absolute atomic E-state index is 0.532. The molecule has 0 N–H and O–H groups in total. The molecule has 1 aliphatic rings. The van der Waals surface area contributed by atoms with Gasteiger partial charge in [-0.25, -0.2) is 0 Å². The van der Waals surface area contributed by atoms with Crippen LogP contribution in [0.25, 0.3) is 6.08 Å². The van der Waals surface area contributed by atoms with Crippen molar-refractivity contribution in [3.05, 3.63) is 42.3 Å². The van der Waals surface area contributed by atoms with E-state index >= 15 is 0 Å². The molecule has 2 rings (SSSR count). The van der Waals surface area contributed by atoms with E-state index in [1.165, 1.54) is 5.69 Å². The van der Waals surface area contributed by atoms with Crippen LogP contribution in [0.3, 0.4) is 0 Å². The Labute approximate surface area is 73.0 Å². The molecule has 0 bridgehead atoms. The van der Waals surface area contributed by atoms with Crippen molar-refractivity contribution in [1.82, 2.24) is 4.57 Å². The molecule has 0 aromatic carbocycles. The molecule has 0 saturated carbocycles. The van der Waals surface area contributed by atoms with Gasteiger partial charge < -0.3 is 4.57 Å². The third kappa shape index (κ3) is 1.11. The normalized spacial score (nSPS) is 21.6. The van der Waals surface area contributed by atoms with E-state index in [4.69, 9.17) is 0 Å². The lowest BCUT2D eigenvalue weighted by Gasteiger charge is -2.19. The van der Waals surface area contributed by atoms with Crippen LogP contribution in [0.4, 0.5) is 0 Å². The van der Waals surface area contributed by atoms with E-state index < -0.39 is 0 Å². The van der Waals surface area contributed by atoms with Gasteiger partial charge >= 0.3 is 0 Å². The summed E-state index contributed by atoms with van der Waals surface area (Å²) in [4.78, 5) is 0. The monoisotopic (exact) mass is 159 g/mol. The highest BCUT2D eigenvalue weighted by molar-refractivity contribution is 5.48. The number of nitrogens with zero attached hydrogens (tertiary/aromatic N) is 1. The Balaban J connectivity index is 2.38. The minimum atomic E-state index is 0.532. The summed E-state index contributed by atoms with van der Waals surface area (Å²) in [5.41, 5.74) is 1.31. The van der Waals surface area contributed by atoms with Crippen LogP contribution in [0.2, 0.25) is 0 Å². The minimum Gasteiger partial charge on any atom is -0.341 e. The van der Waals surface area contributed by atoms with E-state index in [0.717, 1.165) is 6.42 Å². The fraction of sp³-hybridized carbons (Fsp3) is 0.273. The van der Waals surface area contributed by atoms with E-state index in [2.05, 4.69) is 54.1 Å². The summed E-state index contributed by atoms with van der Waals surface area (Å²) in [6.45, 7) is 2.07. The first-order valence-electron chi connectivity index (χ1n) is 4.38. The third-order valence-corrected chi connectivity index (χ3v) is 2.25. The number of fused-ring (bicyclic) bond motifs is 1. The van der Waals surface area contributed by atoms with Gasteiger partial charge in [-0.1, -0.05) is 18.2 Å². The van der Waals surface area contributed by atoms with E-state index in [9.17, 15) is 0 Å². The van der Waals surface area contributed by atoms with Gasteiger partial charge in [-0.05, 0) is 31.6 Å². The molecule has 0 saturated heterocycles. The molecule has 0 fully saturated rings. The number of aromatic nitrogens is 1. The quantitative estimate of drug-likeness (QED) is 0.555. The molecule has 1 aromatic heterocycles. The summed E-state index contributed by atoms with van der Waals surface area (Å²) in [7, 11) is 0. The van der Waals surface area contributed by atoms with Crippen LogP contribution in [0.1, 0.15) is 25.1 Å². The van der Waals surface area contributed by atoms with Crippen molar-refractivity contribution < 1.29 is 0 Å². The number of hydrogen-bond donors (Lipinski definition) is 0. The molecule has 0 unspecified atom stereocenters. The second kappa shape index (κ2) is 3.02. The van der Waals surface area contributed by atoms with Crippen molar-refractivity contribution in [3.8, 4) is 0 Å². The number of rotatable bonds is 1. The predicted molar refractivity (Wildman–Crippen MR) is 51.9 cm³/mol. The topological polar surface area (TPSA) is 4.93 Å². The lowest BCUT2D eigenvalue weighted by atomic mass is 10.1. The van der Waals surface area contributed by atoms with E-state index in [1.54, 1.807) is 0 Å².